The van der Waals surface area contributed by atoms with Gasteiger partial charge < -0.3 is 10.6 Å². The lowest BCUT2D eigenvalue weighted by molar-refractivity contribution is 0.125. The summed E-state index contributed by atoms with van der Waals surface area (Å²) in [4.78, 5) is 13.2. The van der Waals surface area contributed by atoms with Crippen molar-refractivity contribution in [1.82, 2.24) is 30.3 Å². The summed E-state index contributed by atoms with van der Waals surface area (Å²) in [5.41, 5.74) is 1.10. The molecule has 4 rings (SSSR count). The van der Waals surface area contributed by atoms with Gasteiger partial charge >= 0.3 is 0 Å². The van der Waals surface area contributed by atoms with Crippen LogP contribution >= 0.6 is 11.3 Å². The van der Waals surface area contributed by atoms with Gasteiger partial charge in [-0.1, -0.05) is 6.07 Å². The van der Waals surface area contributed by atoms with E-state index < -0.39 is 0 Å². The Morgan fingerprint density at radius 1 is 1.26 bits per heavy atom. The van der Waals surface area contributed by atoms with Gasteiger partial charge in [0.25, 0.3) is 0 Å². The number of piperidine rings is 1. The number of guanidine groups is 1. The average Bonchev–Trinajstić information content (AvgIpc) is 3.50. The third kappa shape index (κ3) is 5.51. The first-order valence-corrected chi connectivity index (χ1v) is 11.8. The molecule has 0 aliphatic carbocycles. The monoisotopic (exact) mass is 437 g/mol. The zero-order valence-electron chi connectivity index (χ0n) is 18.2. The molecule has 0 amide bonds. The summed E-state index contributed by atoms with van der Waals surface area (Å²) >= 11 is 1.86. The van der Waals surface area contributed by atoms with Crippen LogP contribution in [0.15, 0.2) is 59.3 Å². The van der Waals surface area contributed by atoms with E-state index in [9.17, 15) is 0 Å². The Kier molecular flexibility index (Phi) is 7.32. The fourth-order valence-electron chi connectivity index (χ4n) is 4.21. The van der Waals surface area contributed by atoms with Crippen LogP contribution in [0.1, 0.15) is 36.2 Å². The van der Waals surface area contributed by atoms with Crippen LogP contribution in [-0.2, 0) is 6.54 Å². The van der Waals surface area contributed by atoms with Crippen molar-refractivity contribution in [2.45, 2.75) is 32.4 Å². The van der Waals surface area contributed by atoms with E-state index in [1.807, 2.05) is 41.9 Å². The first-order chi connectivity index (χ1) is 15.2. The van der Waals surface area contributed by atoms with E-state index in [4.69, 9.17) is 4.99 Å². The molecule has 3 aromatic heterocycles. The van der Waals surface area contributed by atoms with Gasteiger partial charge in [0.1, 0.15) is 0 Å². The minimum absolute atomic E-state index is 0.473. The highest BCUT2D eigenvalue weighted by molar-refractivity contribution is 7.10. The molecular formula is C23H31N7S. The molecule has 0 spiro atoms. The van der Waals surface area contributed by atoms with E-state index in [1.54, 1.807) is 10.9 Å². The fraction of sp³-hybridized carbons (Fsp3) is 0.435. The molecule has 1 aliphatic rings. The van der Waals surface area contributed by atoms with Gasteiger partial charge in [0.2, 0.25) is 0 Å². The number of hydrogen-bond acceptors (Lipinski definition) is 5. The van der Waals surface area contributed by atoms with E-state index in [0.717, 1.165) is 37.0 Å². The highest BCUT2D eigenvalue weighted by Crippen LogP contribution is 2.36. The quantitative estimate of drug-likeness (QED) is 0.438. The lowest BCUT2D eigenvalue weighted by Gasteiger charge is -2.39. The van der Waals surface area contributed by atoms with Crippen molar-refractivity contribution in [3.8, 4) is 5.82 Å². The standard InChI is InChI=1S/C23H31N7S/c1-3-24-23(26-16-18-9-11-25-21(15-18)30-13-6-10-28-30)27-17-19-7-4-12-29(2)22(19)20-8-5-14-31-20/h5-6,8-11,13-15,19,22H,3-4,7,12,16-17H2,1-2H3,(H2,24,26,27). The van der Waals surface area contributed by atoms with Crippen molar-refractivity contribution < 1.29 is 0 Å². The fourth-order valence-corrected chi connectivity index (χ4v) is 5.19. The number of aliphatic imine (C=N–C) groups is 1. The third-order valence-electron chi connectivity index (χ3n) is 5.69. The molecule has 1 fully saturated rings. The van der Waals surface area contributed by atoms with Crippen LogP contribution < -0.4 is 10.6 Å². The smallest absolute Gasteiger partial charge is 0.191 e. The van der Waals surface area contributed by atoms with Gasteiger partial charge in [-0.2, -0.15) is 5.10 Å². The second-order valence-electron chi connectivity index (χ2n) is 7.89. The molecule has 2 unspecified atom stereocenters. The Morgan fingerprint density at radius 2 is 2.19 bits per heavy atom. The van der Waals surface area contributed by atoms with Crippen LogP contribution in [-0.4, -0.2) is 52.3 Å². The van der Waals surface area contributed by atoms with Gasteiger partial charge in [0, 0.05) is 42.6 Å². The Hall–Kier alpha value is -2.71. The number of thiophene rings is 1. The molecule has 1 aliphatic heterocycles. The van der Waals surface area contributed by atoms with Gasteiger partial charge in [0.05, 0.1) is 6.54 Å². The summed E-state index contributed by atoms with van der Waals surface area (Å²) in [6.07, 6.45) is 7.94. The van der Waals surface area contributed by atoms with Crippen molar-refractivity contribution in [3.63, 3.8) is 0 Å². The van der Waals surface area contributed by atoms with E-state index in [1.165, 1.54) is 17.7 Å². The molecule has 7 nitrogen and oxygen atoms in total. The number of rotatable bonds is 7. The van der Waals surface area contributed by atoms with E-state index in [0.29, 0.717) is 18.5 Å². The molecule has 2 N–H and O–H groups in total. The first-order valence-electron chi connectivity index (χ1n) is 11.0. The molecule has 0 aromatic carbocycles. The van der Waals surface area contributed by atoms with E-state index in [-0.39, 0.29) is 0 Å². The minimum atomic E-state index is 0.473. The van der Waals surface area contributed by atoms with Gasteiger partial charge in [-0.25, -0.2) is 14.7 Å². The zero-order valence-corrected chi connectivity index (χ0v) is 19.1. The summed E-state index contributed by atoms with van der Waals surface area (Å²) in [5, 5.41) is 13.4. The molecule has 31 heavy (non-hydrogen) atoms. The van der Waals surface area contributed by atoms with Gasteiger partial charge in [-0.3, -0.25) is 4.90 Å². The number of aromatic nitrogens is 3. The van der Waals surface area contributed by atoms with Crippen LogP contribution in [0.2, 0.25) is 0 Å². The summed E-state index contributed by atoms with van der Waals surface area (Å²) in [7, 11) is 2.25. The SMILES string of the molecule is CCNC(=NCc1ccnc(-n2cccn2)c1)NCC1CCCN(C)C1c1cccs1. The maximum atomic E-state index is 4.82. The van der Waals surface area contributed by atoms with Gasteiger partial charge in [-0.15, -0.1) is 11.3 Å². The predicted molar refractivity (Wildman–Crippen MR) is 127 cm³/mol. The lowest BCUT2D eigenvalue weighted by atomic mass is 9.88. The Balaban J connectivity index is 1.42. The molecule has 0 bridgehead atoms. The molecule has 0 saturated carbocycles. The summed E-state index contributed by atoms with van der Waals surface area (Å²) in [6, 6.07) is 10.8. The normalized spacial score (nSPS) is 20.0. The Labute approximate surface area is 188 Å². The molecule has 164 valence electrons. The minimum Gasteiger partial charge on any atom is -0.357 e. The van der Waals surface area contributed by atoms with Gasteiger partial charge in [-0.05, 0) is 74.5 Å². The van der Waals surface area contributed by atoms with Crippen LogP contribution in [0.25, 0.3) is 5.82 Å². The first kappa shape index (κ1) is 21.5. The van der Waals surface area contributed by atoms with Crippen LogP contribution in [0.3, 0.4) is 0 Å². The summed E-state index contributed by atoms with van der Waals surface area (Å²) in [6.45, 7) is 5.59. The molecule has 8 heteroatoms. The second kappa shape index (κ2) is 10.5. The summed E-state index contributed by atoms with van der Waals surface area (Å²) < 4.78 is 1.76. The largest absolute Gasteiger partial charge is 0.357 e. The van der Waals surface area contributed by atoms with Gasteiger partial charge in [0.15, 0.2) is 11.8 Å². The average molecular weight is 438 g/mol. The topological polar surface area (TPSA) is 70.4 Å². The van der Waals surface area contributed by atoms with E-state index >= 15 is 0 Å². The number of nitrogens with zero attached hydrogens (tertiary/aromatic N) is 5. The summed E-state index contributed by atoms with van der Waals surface area (Å²) in [5.74, 6) is 2.23. The second-order valence-corrected chi connectivity index (χ2v) is 8.87. The zero-order chi connectivity index (χ0) is 21.5. The van der Waals surface area contributed by atoms with Crippen LogP contribution in [0, 0.1) is 5.92 Å². The van der Waals surface area contributed by atoms with Crippen molar-refractivity contribution in [2.75, 3.05) is 26.7 Å². The van der Waals surface area contributed by atoms with Crippen LogP contribution in [0.5, 0.6) is 0 Å². The molecular weight excluding hydrogens is 406 g/mol. The Bertz CT molecular complexity index is 952. The molecule has 1 saturated heterocycles. The molecule has 2 atom stereocenters. The number of nitrogens with one attached hydrogen (secondary N) is 2. The lowest BCUT2D eigenvalue weighted by Crippen LogP contribution is -2.44. The maximum absolute atomic E-state index is 4.82. The molecule has 4 heterocycles. The van der Waals surface area contributed by atoms with Crippen molar-refractivity contribution in [3.05, 3.63) is 64.7 Å². The molecule has 3 aromatic rings. The molecule has 0 radical (unpaired) electrons. The van der Waals surface area contributed by atoms with E-state index in [2.05, 4.69) is 57.1 Å². The van der Waals surface area contributed by atoms with Crippen molar-refractivity contribution in [1.29, 1.82) is 0 Å². The number of pyridine rings is 1. The highest BCUT2D eigenvalue weighted by atomic mass is 32.1. The van der Waals surface area contributed by atoms with Crippen LogP contribution in [0.4, 0.5) is 0 Å². The maximum Gasteiger partial charge on any atom is 0.191 e. The predicted octanol–water partition coefficient (Wildman–Crippen LogP) is 3.47. The van der Waals surface area contributed by atoms with Crippen molar-refractivity contribution in [2.24, 2.45) is 10.9 Å². The number of likely N-dealkylation sites (tertiary alicyclic amines) is 1. The Morgan fingerprint density at radius 3 is 2.97 bits per heavy atom. The number of hydrogen-bond donors (Lipinski definition) is 2. The highest BCUT2D eigenvalue weighted by Gasteiger charge is 2.31. The van der Waals surface area contributed by atoms with Crippen molar-refractivity contribution >= 4 is 17.3 Å². The third-order valence-corrected chi connectivity index (χ3v) is 6.63.